The van der Waals surface area contributed by atoms with Gasteiger partial charge < -0.3 is 0 Å². The van der Waals surface area contributed by atoms with Gasteiger partial charge in [-0.1, -0.05) is 6.58 Å². The Morgan fingerprint density at radius 3 is 2.20 bits per heavy atom. The van der Waals surface area contributed by atoms with E-state index in [9.17, 15) is 0 Å². The third-order valence-electron chi connectivity index (χ3n) is 0.866. The van der Waals surface area contributed by atoms with E-state index in [4.69, 9.17) is 0 Å². The smallest absolute Gasteiger partial charge is 0.0165 e. The molecule has 1 rings (SSSR count). The van der Waals surface area contributed by atoms with Crippen LogP contribution in [0, 0.1) is 12.0 Å². The van der Waals surface area contributed by atoms with Crippen molar-refractivity contribution in [3.05, 3.63) is 12.7 Å². The number of rotatable bonds is 1. The molecule has 1 aliphatic carbocycles. The Bertz CT molecular complexity index is 42.0. The second-order valence-electron chi connectivity index (χ2n) is 1.48. The van der Waals surface area contributed by atoms with Crippen molar-refractivity contribution in [1.29, 1.82) is 0 Å². The summed E-state index contributed by atoms with van der Waals surface area (Å²) in [4.78, 5) is 0. The van der Waals surface area contributed by atoms with Gasteiger partial charge in [-0.05, 0) is 24.8 Å². The molecule has 1 radical (unpaired) electrons. The van der Waals surface area contributed by atoms with E-state index in [1.54, 1.807) is 0 Å². The second-order valence-corrected chi connectivity index (χ2v) is 1.48. The van der Waals surface area contributed by atoms with Crippen molar-refractivity contribution in [2.45, 2.75) is 12.8 Å². The normalized spacial score (nSPS) is 22.4. The molecule has 1 fully saturated rings. The van der Waals surface area contributed by atoms with Crippen LogP contribution in [0.4, 0.5) is 0 Å². The number of hydrogen-bond acceptors (Lipinski definition) is 0. The maximum Gasteiger partial charge on any atom is -0.0165 e. The zero-order valence-corrected chi connectivity index (χ0v) is 3.20. The Morgan fingerprint density at radius 2 is 2.20 bits per heavy atom. The van der Waals surface area contributed by atoms with Crippen LogP contribution in [0.15, 0.2) is 6.58 Å². The highest BCUT2D eigenvalue weighted by Gasteiger charge is 2.16. The highest BCUT2D eigenvalue weighted by Crippen LogP contribution is 2.28. The standard InChI is InChI=1S/C5H7/c1-2-5-3-4-5/h5H,1,3-4H2. The Hall–Kier alpha value is -0.260. The van der Waals surface area contributed by atoms with Crippen molar-refractivity contribution in [3.63, 3.8) is 0 Å². The fraction of sp³-hybridized carbons (Fsp3) is 0.600. The zero-order chi connectivity index (χ0) is 3.70. The fourth-order valence-electron chi connectivity index (χ4n) is 0.287. The average molecular weight is 67.1 g/mol. The number of hydrogen-bond donors (Lipinski definition) is 0. The van der Waals surface area contributed by atoms with Gasteiger partial charge >= 0.3 is 0 Å². The van der Waals surface area contributed by atoms with Gasteiger partial charge in [-0.15, -0.1) is 0 Å². The predicted molar refractivity (Wildman–Crippen MR) is 21.6 cm³/mol. The van der Waals surface area contributed by atoms with E-state index in [2.05, 4.69) is 12.7 Å². The topological polar surface area (TPSA) is 0 Å². The van der Waals surface area contributed by atoms with Crippen LogP contribution < -0.4 is 0 Å². The van der Waals surface area contributed by atoms with Crippen molar-refractivity contribution < 1.29 is 0 Å². The third-order valence-corrected chi connectivity index (χ3v) is 0.866. The second kappa shape index (κ2) is 0.852. The van der Waals surface area contributed by atoms with Gasteiger partial charge in [0.05, 0.1) is 0 Å². The van der Waals surface area contributed by atoms with Crippen LogP contribution in [0.25, 0.3) is 0 Å². The molecular formula is C5H7. The lowest BCUT2D eigenvalue weighted by Gasteiger charge is -1.61. The lowest BCUT2D eigenvalue weighted by molar-refractivity contribution is 1.09. The molecule has 0 nitrogen and oxygen atoms in total. The summed E-state index contributed by atoms with van der Waals surface area (Å²) in [5.74, 6) is 0.773. The van der Waals surface area contributed by atoms with Gasteiger partial charge in [0.25, 0.3) is 0 Å². The van der Waals surface area contributed by atoms with E-state index >= 15 is 0 Å². The van der Waals surface area contributed by atoms with E-state index in [1.165, 1.54) is 12.8 Å². The van der Waals surface area contributed by atoms with Crippen LogP contribution in [0.2, 0.25) is 0 Å². The summed E-state index contributed by atoms with van der Waals surface area (Å²) in [6.45, 7) is 3.50. The Labute approximate surface area is 32.5 Å². The average Bonchev–Trinajstić information content (AvgIpc) is 2.12. The minimum absolute atomic E-state index is 0.773. The van der Waals surface area contributed by atoms with Gasteiger partial charge in [0.1, 0.15) is 0 Å². The molecule has 0 aliphatic heterocycles. The first-order valence-corrected chi connectivity index (χ1v) is 1.96. The third kappa shape index (κ3) is 0.504. The molecule has 0 aromatic heterocycles. The monoisotopic (exact) mass is 67.1 g/mol. The van der Waals surface area contributed by atoms with Crippen LogP contribution in [-0.2, 0) is 0 Å². The minimum Gasteiger partial charge on any atom is -0.0953 e. The lowest BCUT2D eigenvalue weighted by atomic mass is 10.4. The molecule has 0 aromatic rings. The van der Waals surface area contributed by atoms with E-state index in [0.717, 1.165) is 5.92 Å². The lowest BCUT2D eigenvalue weighted by Crippen LogP contribution is -1.52. The summed E-state index contributed by atoms with van der Waals surface area (Å²) >= 11 is 0. The summed E-state index contributed by atoms with van der Waals surface area (Å²) in [5.41, 5.74) is 0. The van der Waals surface area contributed by atoms with Crippen molar-refractivity contribution >= 4 is 0 Å². The highest BCUT2D eigenvalue weighted by atomic mass is 14.2. The Balaban J connectivity index is 2.21. The van der Waals surface area contributed by atoms with Gasteiger partial charge in [-0.25, -0.2) is 0 Å². The molecule has 5 heavy (non-hydrogen) atoms. The van der Waals surface area contributed by atoms with Crippen molar-refractivity contribution in [2.24, 2.45) is 5.92 Å². The summed E-state index contributed by atoms with van der Waals surface area (Å²) in [6.07, 6.45) is 5.56. The molecule has 0 heterocycles. The molecule has 0 heteroatoms. The largest absolute Gasteiger partial charge is 0.0953 e. The molecular weight excluding hydrogens is 60.1 g/mol. The molecule has 0 N–H and O–H groups in total. The quantitative estimate of drug-likeness (QED) is 0.434. The minimum atomic E-state index is 0.773. The highest BCUT2D eigenvalue weighted by molar-refractivity contribution is 4.81. The fourth-order valence-corrected chi connectivity index (χ4v) is 0.287. The van der Waals surface area contributed by atoms with Gasteiger partial charge in [-0.3, -0.25) is 0 Å². The van der Waals surface area contributed by atoms with E-state index in [-0.39, 0.29) is 0 Å². The van der Waals surface area contributed by atoms with Gasteiger partial charge in [0.15, 0.2) is 0 Å². The van der Waals surface area contributed by atoms with Crippen LogP contribution in [0.5, 0.6) is 0 Å². The summed E-state index contributed by atoms with van der Waals surface area (Å²) in [7, 11) is 0. The number of allylic oxidation sites excluding steroid dienone is 1. The molecule has 0 spiro atoms. The molecule has 0 unspecified atom stereocenters. The van der Waals surface area contributed by atoms with E-state index < -0.39 is 0 Å². The first kappa shape index (κ1) is 2.95. The Kier molecular flexibility index (Phi) is 0.503. The van der Waals surface area contributed by atoms with Crippen LogP contribution in [-0.4, -0.2) is 0 Å². The molecule has 0 atom stereocenters. The Morgan fingerprint density at radius 1 is 1.60 bits per heavy atom. The molecule has 1 saturated carbocycles. The van der Waals surface area contributed by atoms with Gasteiger partial charge in [0, 0.05) is 0 Å². The zero-order valence-electron chi connectivity index (χ0n) is 3.20. The predicted octanol–water partition coefficient (Wildman–Crippen LogP) is 1.39. The van der Waals surface area contributed by atoms with Crippen molar-refractivity contribution in [3.8, 4) is 0 Å². The van der Waals surface area contributed by atoms with E-state index in [1.807, 2.05) is 0 Å². The first-order chi connectivity index (χ1) is 2.43. The molecule has 0 saturated heterocycles. The maximum atomic E-state index is 3.50. The van der Waals surface area contributed by atoms with Gasteiger partial charge in [-0.2, -0.15) is 0 Å². The van der Waals surface area contributed by atoms with Crippen molar-refractivity contribution in [1.82, 2.24) is 0 Å². The van der Waals surface area contributed by atoms with Gasteiger partial charge in [0.2, 0.25) is 0 Å². The van der Waals surface area contributed by atoms with Crippen LogP contribution >= 0.6 is 0 Å². The van der Waals surface area contributed by atoms with Crippen LogP contribution in [0.1, 0.15) is 12.8 Å². The molecule has 0 aromatic carbocycles. The van der Waals surface area contributed by atoms with E-state index in [0.29, 0.717) is 0 Å². The molecule has 27 valence electrons. The molecule has 1 aliphatic rings. The van der Waals surface area contributed by atoms with Crippen molar-refractivity contribution in [2.75, 3.05) is 0 Å². The summed E-state index contributed by atoms with van der Waals surface area (Å²) < 4.78 is 0. The molecule has 0 bridgehead atoms. The first-order valence-electron chi connectivity index (χ1n) is 1.96. The molecule has 0 amide bonds. The SMILES string of the molecule is C=[C]C1CC1. The summed E-state index contributed by atoms with van der Waals surface area (Å²) in [5, 5.41) is 0. The van der Waals surface area contributed by atoms with Crippen LogP contribution in [0.3, 0.4) is 0 Å². The maximum absolute atomic E-state index is 3.50. The summed E-state index contributed by atoms with van der Waals surface area (Å²) in [6, 6.07) is 0.